The Kier molecular flexibility index (Phi) is 5.50. The van der Waals surface area contributed by atoms with E-state index in [0.29, 0.717) is 24.2 Å². The van der Waals surface area contributed by atoms with Crippen molar-refractivity contribution in [1.29, 1.82) is 0 Å². The van der Waals surface area contributed by atoms with Gasteiger partial charge >= 0.3 is 5.97 Å². The molecule has 1 unspecified atom stereocenters. The molecule has 0 bridgehead atoms. The highest BCUT2D eigenvalue weighted by atomic mass is 19.1. The second kappa shape index (κ2) is 7.85. The lowest BCUT2D eigenvalue weighted by molar-refractivity contribution is -0.133. The Morgan fingerprint density at radius 2 is 2.11 bits per heavy atom. The van der Waals surface area contributed by atoms with E-state index < -0.39 is 23.2 Å². The molecule has 2 heterocycles. The number of nitrogens with two attached hydrogens (primary N) is 1. The minimum Gasteiger partial charge on any atom is -0.478 e. The largest absolute Gasteiger partial charge is 0.478 e. The number of carboxylic acid groups (broad SMARTS) is 1. The van der Waals surface area contributed by atoms with E-state index in [-0.39, 0.29) is 23.7 Å². The fourth-order valence-corrected chi connectivity index (χ4v) is 2.89. The van der Waals surface area contributed by atoms with Crippen molar-refractivity contribution in [3.63, 3.8) is 0 Å². The van der Waals surface area contributed by atoms with E-state index in [9.17, 15) is 19.1 Å². The van der Waals surface area contributed by atoms with Crippen LogP contribution < -0.4 is 11.1 Å². The van der Waals surface area contributed by atoms with Gasteiger partial charge < -0.3 is 20.7 Å². The highest BCUT2D eigenvalue weighted by molar-refractivity contribution is 5.91. The Labute approximate surface area is 159 Å². The number of rotatable bonds is 6. The topological polar surface area (TPSA) is 144 Å². The standard InChI is InChI=1S/C18H20FN5O4/c1-18(20,17(27)22-12-5-3-2-4-11(12)16(25)26)8-14-23-15(24-28-14)13-7-6-10(19)9-21-13/h6-7,9H,2-5,8,20H2,1H3,(H,22,27)(H,25,26). The average Bonchev–Trinajstić information content (AvgIpc) is 3.10. The lowest BCUT2D eigenvalue weighted by atomic mass is 9.94. The molecule has 2 aromatic heterocycles. The summed E-state index contributed by atoms with van der Waals surface area (Å²) in [5.74, 6) is -1.81. The molecule has 0 aromatic carbocycles. The van der Waals surface area contributed by atoms with Crippen LogP contribution in [0.15, 0.2) is 34.1 Å². The van der Waals surface area contributed by atoms with Crippen molar-refractivity contribution in [3.8, 4) is 11.5 Å². The van der Waals surface area contributed by atoms with Crippen LogP contribution in [0.3, 0.4) is 0 Å². The molecule has 4 N–H and O–H groups in total. The summed E-state index contributed by atoms with van der Waals surface area (Å²) in [5.41, 5.74) is 5.63. The third kappa shape index (κ3) is 4.39. The van der Waals surface area contributed by atoms with Crippen LogP contribution >= 0.6 is 0 Å². The van der Waals surface area contributed by atoms with E-state index >= 15 is 0 Å². The number of amides is 1. The first-order valence-electron chi connectivity index (χ1n) is 8.76. The summed E-state index contributed by atoms with van der Waals surface area (Å²) in [5, 5.41) is 15.7. The zero-order chi connectivity index (χ0) is 20.3. The number of nitrogens with one attached hydrogen (secondary N) is 1. The van der Waals surface area contributed by atoms with Crippen LogP contribution in [0.1, 0.15) is 38.5 Å². The zero-order valence-electron chi connectivity index (χ0n) is 15.2. The smallest absolute Gasteiger partial charge is 0.333 e. The van der Waals surface area contributed by atoms with Gasteiger partial charge in [0.1, 0.15) is 17.1 Å². The number of carbonyl (C=O) groups is 2. The first kappa shape index (κ1) is 19.6. The third-order valence-corrected chi connectivity index (χ3v) is 4.45. The van der Waals surface area contributed by atoms with Crippen LogP contribution in [-0.2, 0) is 16.0 Å². The molecule has 0 saturated heterocycles. The minimum absolute atomic E-state index is 0.0668. The molecule has 2 aromatic rings. The summed E-state index contributed by atoms with van der Waals surface area (Å²) in [4.78, 5) is 32.0. The maximum atomic E-state index is 13.0. The van der Waals surface area contributed by atoms with E-state index in [0.717, 1.165) is 19.0 Å². The molecule has 148 valence electrons. The van der Waals surface area contributed by atoms with Gasteiger partial charge in [-0.05, 0) is 44.7 Å². The van der Waals surface area contributed by atoms with Crippen molar-refractivity contribution in [2.45, 2.75) is 44.6 Å². The number of aromatic nitrogens is 3. The van der Waals surface area contributed by atoms with Crippen molar-refractivity contribution < 1.29 is 23.6 Å². The quantitative estimate of drug-likeness (QED) is 0.675. The summed E-state index contributed by atoms with van der Waals surface area (Å²) in [6.07, 6.45) is 3.41. The first-order valence-corrected chi connectivity index (χ1v) is 8.76. The molecule has 0 radical (unpaired) electrons. The van der Waals surface area contributed by atoms with Crippen molar-refractivity contribution >= 4 is 11.9 Å². The number of allylic oxidation sites excluding steroid dienone is 1. The lowest BCUT2D eigenvalue weighted by Gasteiger charge is -2.25. The van der Waals surface area contributed by atoms with Gasteiger partial charge in [0.2, 0.25) is 17.6 Å². The summed E-state index contributed by atoms with van der Waals surface area (Å²) in [6, 6.07) is 2.62. The monoisotopic (exact) mass is 389 g/mol. The molecule has 1 aliphatic rings. The molecule has 1 amide bonds. The molecule has 1 aliphatic carbocycles. The number of hydrogen-bond acceptors (Lipinski definition) is 7. The van der Waals surface area contributed by atoms with Gasteiger partial charge in [-0.25, -0.2) is 14.2 Å². The summed E-state index contributed by atoms with van der Waals surface area (Å²) < 4.78 is 18.1. The number of nitrogens with zero attached hydrogens (tertiary/aromatic N) is 3. The molecule has 28 heavy (non-hydrogen) atoms. The molecule has 1 atom stereocenters. The Balaban J connectivity index is 1.72. The fraction of sp³-hybridized carbons (Fsp3) is 0.389. The maximum Gasteiger partial charge on any atom is 0.333 e. The molecule has 0 aliphatic heterocycles. The minimum atomic E-state index is -1.41. The second-order valence-electron chi connectivity index (χ2n) is 6.89. The number of pyridine rings is 1. The van der Waals surface area contributed by atoms with Crippen molar-refractivity contribution in [3.05, 3.63) is 41.3 Å². The zero-order valence-corrected chi connectivity index (χ0v) is 15.2. The average molecular weight is 389 g/mol. The van der Waals surface area contributed by atoms with Crippen LogP contribution in [0, 0.1) is 5.82 Å². The van der Waals surface area contributed by atoms with Crippen LogP contribution in [0.5, 0.6) is 0 Å². The normalized spacial score (nSPS) is 16.5. The molecule has 3 rings (SSSR count). The molecular formula is C18H20FN5O4. The van der Waals surface area contributed by atoms with Gasteiger partial charge in [-0.1, -0.05) is 5.16 Å². The maximum absolute atomic E-state index is 13.0. The van der Waals surface area contributed by atoms with Crippen molar-refractivity contribution in [1.82, 2.24) is 20.4 Å². The van der Waals surface area contributed by atoms with Gasteiger partial charge in [-0.3, -0.25) is 4.79 Å². The van der Waals surface area contributed by atoms with Gasteiger partial charge in [-0.2, -0.15) is 4.98 Å². The van der Waals surface area contributed by atoms with E-state index in [1.807, 2.05) is 0 Å². The molecule has 0 saturated carbocycles. The van der Waals surface area contributed by atoms with Crippen LogP contribution in [0.4, 0.5) is 4.39 Å². The van der Waals surface area contributed by atoms with Gasteiger partial charge in [0.25, 0.3) is 0 Å². The molecule has 0 spiro atoms. The Morgan fingerprint density at radius 3 is 2.79 bits per heavy atom. The van der Waals surface area contributed by atoms with E-state index in [2.05, 4.69) is 20.4 Å². The number of aliphatic carboxylic acids is 1. The number of carbonyl (C=O) groups excluding carboxylic acids is 1. The predicted octanol–water partition coefficient (Wildman–Crippen LogP) is 1.56. The molecule has 0 fully saturated rings. The summed E-state index contributed by atoms with van der Waals surface area (Å²) >= 11 is 0. The highest BCUT2D eigenvalue weighted by Gasteiger charge is 2.33. The Hall–Kier alpha value is -3.14. The highest BCUT2D eigenvalue weighted by Crippen LogP contribution is 2.24. The van der Waals surface area contributed by atoms with Gasteiger partial charge in [0.05, 0.1) is 18.2 Å². The number of halogens is 1. The second-order valence-corrected chi connectivity index (χ2v) is 6.89. The summed E-state index contributed by atoms with van der Waals surface area (Å²) in [6.45, 7) is 1.49. The molecular weight excluding hydrogens is 369 g/mol. The van der Waals surface area contributed by atoms with Gasteiger partial charge in [0, 0.05) is 5.70 Å². The van der Waals surface area contributed by atoms with Crippen LogP contribution in [0.2, 0.25) is 0 Å². The fourth-order valence-electron chi connectivity index (χ4n) is 2.89. The third-order valence-electron chi connectivity index (χ3n) is 4.45. The first-order chi connectivity index (χ1) is 13.3. The van der Waals surface area contributed by atoms with E-state index in [1.165, 1.54) is 19.1 Å². The van der Waals surface area contributed by atoms with Crippen molar-refractivity contribution in [2.75, 3.05) is 0 Å². The SMILES string of the molecule is CC(N)(Cc1nc(-c2ccc(F)cn2)no1)C(=O)NC1=C(C(=O)O)CCCC1. The van der Waals surface area contributed by atoms with Crippen molar-refractivity contribution in [2.24, 2.45) is 5.73 Å². The van der Waals surface area contributed by atoms with Crippen LogP contribution in [-0.4, -0.2) is 37.6 Å². The Morgan fingerprint density at radius 1 is 1.36 bits per heavy atom. The van der Waals surface area contributed by atoms with Gasteiger partial charge in [0.15, 0.2) is 0 Å². The Bertz CT molecular complexity index is 920. The number of carboxylic acids is 1. The lowest BCUT2D eigenvalue weighted by Crippen LogP contribution is -2.53. The molecule has 10 heteroatoms. The van der Waals surface area contributed by atoms with E-state index in [4.69, 9.17) is 10.3 Å². The number of hydrogen-bond donors (Lipinski definition) is 3. The van der Waals surface area contributed by atoms with E-state index in [1.54, 1.807) is 0 Å². The summed E-state index contributed by atoms with van der Waals surface area (Å²) in [7, 11) is 0. The predicted molar refractivity (Wildman–Crippen MR) is 95.1 cm³/mol. The van der Waals surface area contributed by atoms with Gasteiger partial charge in [-0.15, -0.1) is 0 Å². The van der Waals surface area contributed by atoms with Crippen LogP contribution in [0.25, 0.3) is 11.5 Å². The molecule has 9 nitrogen and oxygen atoms in total.